The number of likely N-dealkylation sites (tertiary alicyclic amines) is 1. The SMILES string of the molecule is CC(C)(C)OC(=O)NCC(=O)N1CCC(CNC(=O)CCc2ccc(Cl)cc2)CC1. The van der Waals surface area contributed by atoms with E-state index in [1.807, 2.05) is 24.3 Å². The second-order valence-corrected chi connectivity index (χ2v) is 9.05. The Morgan fingerprint density at radius 1 is 1.10 bits per heavy atom. The van der Waals surface area contributed by atoms with Gasteiger partial charge >= 0.3 is 6.09 Å². The Labute approximate surface area is 183 Å². The number of piperidine rings is 1. The molecule has 7 nitrogen and oxygen atoms in total. The van der Waals surface area contributed by atoms with Gasteiger partial charge in [0.25, 0.3) is 0 Å². The van der Waals surface area contributed by atoms with Gasteiger partial charge in [-0.15, -0.1) is 0 Å². The molecule has 1 fully saturated rings. The van der Waals surface area contributed by atoms with E-state index in [0.29, 0.717) is 43.4 Å². The molecule has 0 aliphatic carbocycles. The number of amides is 3. The molecular formula is C22H32ClN3O4. The Kier molecular flexibility index (Phi) is 8.96. The first-order valence-electron chi connectivity index (χ1n) is 10.4. The molecule has 1 saturated heterocycles. The second-order valence-electron chi connectivity index (χ2n) is 8.61. The zero-order valence-electron chi connectivity index (χ0n) is 18.0. The molecule has 1 aliphatic rings. The van der Waals surface area contributed by atoms with Crippen LogP contribution in [0.3, 0.4) is 0 Å². The molecule has 1 aromatic carbocycles. The standard InChI is InChI=1S/C22H32ClN3O4/c1-22(2,3)30-21(29)25-15-20(28)26-12-10-17(11-13-26)14-24-19(27)9-6-16-4-7-18(23)8-5-16/h4-5,7-8,17H,6,9-15H2,1-3H3,(H,24,27)(H,25,29). The average molecular weight is 438 g/mol. The molecule has 0 aromatic heterocycles. The number of nitrogens with zero attached hydrogens (tertiary/aromatic N) is 1. The smallest absolute Gasteiger partial charge is 0.408 e. The van der Waals surface area contributed by atoms with Crippen LogP contribution in [0.1, 0.15) is 45.6 Å². The van der Waals surface area contributed by atoms with Crippen LogP contribution < -0.4 is 10.6 Å². The minimum atomic E-state index is -0.593. The van der Waals surface area contributed by atoms with Gasteiger partial charge in [0.2, 0.25) is 11.8 Å². The van der Waals surface area contributed by atoms with Gasteiger partial charge in [-0.2, -0.15) is 0 Å². The van der Waals surface area contributed by atoms with Gasteiger partial charge in [-0.1, -0.05) is 23.7 Å². The number of carbonyl (C=O) groups excluding carboxylic acids is 3. The van der Waals surface area contributed by atoms with E-state index < -0.39 is 11.7 Å². The van der Waals surface area contributed by atoms with E-state index >= 15 is 0 Å². The average Bonchev–Trinajstić information content (AvgIpc) is 2.69. The van der Waals surface area contributed by atoms with Crippen molar-refractivity contribution in [3.8, 4) is 0 Å². The van der Waals surface area contributed by atoms with Crippen LogP contribution in [0.4, 0.5) is 4.79 Å². The molecule has 0 saturated carbocycles. The van der Waals surface area contributed by atoms with Crippen LogP contribution in [0, 0.1) is 5.92 Å². The lowest BCUT2D eigenvalue weighted by atomic mass is 9.96. The van der Waals surface area contributed by atoms with Crippen LogP contribution in [-0.2, 0) is 20.7 Å². The summed E-state index contributed by atoms with van der Waals surface area (Å²) in [6, 6.07) is 7.51. The molecule has 8 heteroatoms. The van der Waals surface area contributed by atoms with Crippen molar-refractivity contribution in [2.24, 2.45) is 5.92 Å². The normalized spacial score (nSPS) is 14.9. The summed E-state index contributed by atoms with van der Waals surface area (Å²) in [6.45, 7) is 7.12. The number of benzene rings is 1. The van der Waals surface area contributed by atoms with E-state index in [0.717, 1.165) is 18.4 Å². The topological polar surface area (TPSA) is 87.7 Å². The Hall–Kier alpha value is -2.28. The van der Waals surface area contributed by atoms with E-state index in [-0.39, 0.29) is 18.4 Å². The van der Waals surface area contributed by atoms with Crippen LogP contribution in [-0.4, -0.2) is 54.6 Å². The highest BCUT2D eigenvalue weighted by Gasteiger charge is 2.24. The van der Waals surface area contributed by atoms with E-state index in [9.17, 15) is 14.4 Å². The first kappa shape index (κ1) is 24.0. The van der Waals surface area contributed by atoms with Crippen molar-refractivity contribution in [3.63, 3.8) is 0 Å². The molecule has 30 heavy (non-hydrogen) atoms. The van der Waals surface area contributed by atoms with Crippen molar-refractivity contribution in [1.29, 1.82) is 0 Å². The Balaban J connectivity index is 1.60. The number of halogens is 1. The van der Waals surface area contributed by atoms with Gasteiger partial charge in [-0.3, -0.25) is 9.59 Å². The Morgan fingerprint density at radius 2 is 1.73 bits per heavy atom. The lowest BCUT2D eigenvalue weighted by Crippen LogP contribution is -2.46. The molecule has 1 aliphatic heterocycles. The summed E-state index contributed by atoms with van der Waals surface area (Å²) in [4.78, 5) is 37.8. The highest BCUT2D eigenvalue weighted by molar-refractivity contribution is 6.30. The molecule has 166 valence electrons. The van der Waals surface area contributed by atoms with Gasteiger partial charge in [0.1, 0.15) is 12.1 Å². The van der Waals surface area contributed by atoms with E-state index in [1.165, 1.54) is 0 Å². The van der Waals surface area contributed by atoms with Crippen LogP contribution in [0.5, 0.6) is 0 Å². The van der Waals surface area contributed by atoms with Gasteiger partial charge in [-0.25, -0.2) is 4.79 Å². The summed E-state index contributed by atoms with van der Waals surface area (Å²) in [5.41, 5.74) is 0.492. The van der Waals surface area contributed by atoms with Crippen LogP contribution in [0.15, 0.2) is 24.3 Å². The summed E-state index contributed by atoms with van der Waals surface area (Å²) in [5, 5.41) is 6.19. The fraction of sp³-hybridized carbons (Fsp3) is 0.591. The van der Waals surface area contributed by atoms with Gasteiger partial charge in [0, 0.05) is 31.1 Å². The van der Waals surface area contributed by atoms with Crippen molar-refractivity contribution in [2.75, 3.05) is 26.2 Å². The molecule has 0 atom stereocenters. The summed E-state index contributed by atoms with van der Waals surface area (Å²) in [6.07, 6.45) is 2.19. The predicted molar refractivity (Wildman–Crippen MR) is 116 cm³/mol. The third kappa shape index (κ3) is 9.03. The van der Waals surface area contributed by atoms with Crippen LogP contribution >= 0.6 is 11.6 Å². The summed E-state index contributed by atoms with van der Waals surface area (Å²) >= 11 is 5.87. The van der Waals surface area contributed by atoms with Gasteiger partial charge < -0.3 is 20.3 Å². The molecule has 1 heterocycles. The van der Waals surface area contributed by atoms with E-state index in [2.05, 4.69) is 10.6 Å². The minimum Gasteiger partial charge on any atom is -0.444 e. The van der Waals surface area contributed by atoms with Gasteiger partial charge in [0.15, 0.2) is 0 Å². The molecule has 1 aromatic rings. The monoisotopic (exact) mass is 437 g/mol. The molecular weight excluding hydrogens is 406 g/mol. The van der Waals surface area contributed by atoms with E-state index in [1.54, 1.807) is 25.7 Å². The Bertz CT molecular complexity index is 723. The highest BCUT2D eigenvalue weighted by atomic mass is 35.5. The highest BCUT2D eigenvalue weighted by Crippen LogP contribution is 2.17. The number of rotatable bonds is 7. The van der Waals surface area contributed by atoms with Crippen molar-refractivity contribution in [3.05, 3.63) is 34.9 Å². The lowest BCUT2D eigenvalue weighted by molar-refractivity contribution is -0.131. The number of hydrogen-bond acceptors (Lipinski definition) is 4. The molecule has 3 amide bonds. The third-order valence-electron chi connectivity index (χ3n) is 4.89. The number of aryl methyl sites for hydroxylation is 1. The number of nitrogens with one attached hydrogen (secondary N) is 2. The second kappa shape index (κ2) is 11.2. The largest absolute Gasteiger partial charge is 0.444 e. The van der Waals surface area contributed by atoms with Crippen molar-refractivity contribution >= 4 is 29.5 Å². The summed E-state index contributed by atoms with van der Waals surface area (Å²) in [5.74, 6) is 0.267. The molecule has 0 radical (unpaired) electrons. The number of hydrogen-bond donors (Lipinski definition) is 2. The van der Waals surface area contributed by atoms with Crippen LogP contribution in [0.25, 0.3) is 0 Å². The number of ether oxygens (including phenoxy) is 1. The quantitative estimate of drug-likeness (QED) is 0.685. The minimum absolute atomic E-state index is 0.0324. The predicted octanol–water partition coefficient (Wildman–Crippen LogP) is 3.15. The zero-order valence-corrected chi connectivity index (χ0v) is 18.8. The zero-order chi connectivity index (χ0) is 22.1. The first-order chi connectivity index (χ1) is 14.1. The van der Waals surface area contributed by atoms with Crippen LogP contribution in [0.2, 0.25) is 5.02 Å². The maximum absolute atomic E-state index is 12.3. The van der Waals surface area contributed by atoms with Gasteiger partial charge in [0.05, 0.1) is 0 Å². The maximum atomic E-state index is 12.3. The van der Waals surface area contributed by atoms with Crippen molar-refractivity contribution in [2.45, 2.75) is 52.1 Å². The third-order valence-corrected chi connectivity index (χ3v) is 5.14. The Morgan fingerprint density at radius 3 is 2.33 bits per heavy atom. The first-order valence-corrected chi connectivity index (χ1v) is 10.8. The summed E-state index contributed by atoms with van der Waals surface area (Å²) in [7, 11) is 0. The van der Waals surface area contributed by atoms with E-state index in [4.69, 9.17) is 16.3 Å². The lowest BCUT2D eigenvalue weighted by Gasteiger charge is -2.32. The maximum Gasteiger partial charge on any atom is 0.408 e. The molecule has 0 bridgehead atoms. The van der Waals surface area contributed by atoms with Crippen molar-refractivity contribution < 1.29 is 19.1 Å². The molecule has 0 unspecified atom stereocenters. The number of alkyl carbamates (subject to hydrolysis) is 1. The summed E-state index contributed by atoms with van der Waals surface area (Å²) < 4.78 is 5.13. The molecule has 0 spiro atoms. The fourth-order valence-electron chi connectivity index (χ4n) is 3.22. The molecule has 2 rings (SSSR count). The number of carbonyl (C=O) groups is 3. The molecule has 2 N–H and O–H groups in total. The van der Waals surface area contributed by atoms with Gasteiger partial charge in [-0.05, 0) is 63.6 Å². The fourth-order valence-corrected chi connectivity index (χ4v) is 3.34. The van der Waals surface area contributed by atoms with Crippen molar-refractivity contribution in [1.82, 2.24) is 15.5 Å².